The van der Waals surface area contributed by atoms with Gasteiger partial charge in [0.05, 0.1) is 19.1 Å². The van der Waals surface area contributed by atoms with Gasteiger partial charge in [-0.3, -0.25) is 4.79 Å². The maximum Gasteiger partial charge on any atom is 0.410 e. The topological polar surface area (TPSA) is 55.8 Å². The van der Waals surface area contributed by atoms with Crippen LogP contribution in [0.5, 0.6) is 0 Å². The SMILES string of the molecule is CCOC(=O)C1CCC2(CC1)CN(C)C(=O)O2. The number of hydrogen-bond donors (Lipinski definition) is 0. The normalized spacial score (nSPS) is 32.7. The second-order valence-electron chi connectivity index (χ2n) is 4.93. The molecule has 2 aliphatic rings. The highest BCUT2D eigenvalue weighted by Crippen LogP contribution is 2.39. The fourth-order valence-electron chi connectivity index (χ4n) is 2.69. The summed E-state index contributed by atoms with van der Waals surface area (Å²) in [5.41, 5.74) is -0.352. The Hall–Kier alpha value is -1.26. The minimum Gasteiger partial charge on any atom is -0.466 e. The van der Waals surface area contributed by atoms with Crippen LogP contribution < -0.4 is 0 Å². The number of hydrogen-bond acceptors (Lipinski definition) is 4. The molecule has 0 aromatic carbocycles. The van der Waals surface area contributed by atoms with Gasteiger partial charge in [0.2, 0.25) is 0 Å². The molecular formula is C12H19NO4. The van der Waals surface area contributed by atoms with E-state index in [0.717, 1.165) is 25.7 Å². The van der Waals surface area contributed by atoms with Gasteiger partial charge in [-0.1, -0.05) is 0 Å². The van der Waals surface area contributed by atoms with Gasteiger partial charge in [-0.25, -0.2) is 4.79 Å². The number of amides is 1. The molecule has 1 heterocycles. The van der Waals surface area contributed by atoms with Crippen molar-refractivity contribution in [3.8, 4) is 0 Å². The fourth-order valence-corrected chi connectivity index (χ4v) is 2.69. The van der Waals surface area contributed by atoms with Crippen LogP contribution in [0, 0.1) is 5.92 Å². The van der Waals surface area contributed by atoms with Gasteiger partial charge in [0.1, 0.15) is 5.60 Å². The number of rotatable bonds is 2. The lowest BCUT2D eigenvalue weighted by atomic mass is 9.79. The van der Waals surface area contributed by atoms with Gasteiger partial charge in [0.25, 0.3) is 0 Å². The van der Waals surface area contributed by atoms with Crippen molar-refractivity contribution in [2.75, 3.05) is 20.2 Å². The molecule has 1 spiro atoms. The maximum absolute atomic E-state index is 11.6. The van der Waals surface area contributed by atoms with Gasteiger partial charge in [0.15, 0.2) is 0 Å². The molecule has 2 fully saturated rings. The van der Waals surface area contributed by atoms with Crippen molar-refractivity contribution in [3.63, 3.8) is 0 Å². The van der Waals surface area contributed by atoms with E-state index in [0.29, 0.717) is 13.2 Å². The first-order valence-electron chi connectivity index (χ1n) is 6.17. The highest BCUT2D eigenvalue weighted by Gasteiger charge is 2.47. The summed E-state index contributed by atoms with van der Waals surface area (Å²) in [7, 11) is 1.74. The number of carbonyl (C=O) groups is 2. The summed E-state index contributed by atoms with van der Waals surface area (Å²) in [4.78, 5) is 24.6. The highest BCUT2D eigenvalue weighted by molar-refractivity contribution is 5.73. The molecule has 0 radical (unpaired) electrons. The van der Waals surface area contributed by atoms with Crippen molar-refractivity contribution >= 4 is 12.1 Å². The van der Waals surface area contributed by atoms with Crippen LogP contribution in [0.25, 0.3) is 0 Å². The van der Waals surface area contributed by atoms with Crippen LogP contribution in [0.4, 0.5) is 4.79 Å². The maximum atomic E-state index is 11.6. The summed E-state index contributed by atoms with van der Waals surface area (Å²) in [6.07, 6.45) is 2.76. The van der Waals surface area contributed by atoms with E-state index in [4.69, 9.17) is 9.47 Å². The molecule has 0 unspecified atom stereocenters. The third kappa shape index (κ3) is 2.37. The van der Waals surface area contributed by atoms with E-state index in [-0.39, 0.29) is 23.6 Å². The number of esters is 1. The Balaban J connectivity index is 1.90. The molecule has 1 aliphatic carbocycles. The quantitative estimate of drug-likeness (QED) is 0.688. The molecule has 5 heteroatoms. The first-order chi connectivity index (χ1) is 8.06. The lowest BCUT2D eigenvalue weighted by Crippen LogP contribution is -2.39. The zero-order chi connectivity index (χ0) is 12.5. The molecule has 0 N–H and O–H groups in total. The van der Waals surface area contributed by atoms with Crippen molar-refractivity contribution in [1.29, 1.82) is 0 Å². The zero-order valence-electron chi connectivity index (χ0n) is 10.4. The van der Waals surface area contributed by atoms with Crippen LogP contribution in [-0.2, 0) is 14.3 Å². The molecule has 0 aromatic heterocycles. The Kier molecular flexibility index (Phi) is 3.26. The molecule has 1 aliphatic heterocycles. The summed E-state index contributed by atoms with van der Waals surface area (Å²) in [5.74, 6) is -0.134. The number of likely N-dealkylation sites (N-methyl/N-ethyl adjacent to an activating group) is 1. The van der Waals surface area contributed by atoms with E-state index in [1.165, 1.54) is 0 Å². The molecule has 5 nitrogen and oxygen atoms in total. The fraction of sp³-hybridized carbons (Fsp3) is 0.833. The van der Waals surface area contributed by atoms with Crippen LogP contribution in [0.3, 0.4) is 0 Å². The molecule has 1 saturated carbocycles. The van der Waals surface area contributed by atoms with E-state index in [9.17, 15) is 9.59 Å². The first-order valence-corrected chi connectivity index (χ1v) is 6.17. The van der Waals surface area contributed by atoms with Gasteiger partial charge in [-0.15, -0.1) is 0 Å². The van der Waals surface area contributed by atoms with Gasteiger partial charge >= 0.3 is 12.1 Å². The van der Waals surface area contributed by atoms with Gasteiger partial charge in [-0.2, -0.15) is 0 Å². The summed E-state index contributed by atoms with van der Waals surface area (Å²) < 4.78 is 10.4. The van der Waals surface area contributed by atoms with Crippen LogP contribution in [-0.4, -0.2) is 42.8 Å². The Morgan fingerprint density at radius 1 is 1.53 bits per heavy atom. The number of carbonyl (C=O) groups excluding carboxylic acids is 2. The van der Waals surface area contributed by atoms with E-state index < -0.39 is 0 Å². The van der Waals surface area contributed by atoms with E-state index >= 15 is 0 Å². The average Bonchev–Trinajstić information content (AvgIpc) is 2.55. The Bertz CT molecular complexity index is 320. The van der Waals surface area contributed by atoms with Crippen LogP contribution in [0.15, 0.2) is 0 Å². The molecule has 0 aromatic rings. The predicted octanol–water partition coefficient (Wildman–Crippen LogP) is 1.56. The lowest BCUT2D eigenvalue weighted by molar-refractivity contribution is -0.150. The molecule has 17 heavy (non-hydrogen) atoms. The third-order valence-corrected chi connectivity index (χ3v) is 3.66. The predicted molar refractivity (Wildman–Crippen MR) is 60.4 cm³/mol. The minimum absolute atomic E-state index is 0.0230. The van der Waals surface area contributed by atoms with E-state index in [2.05, 4.69) is 0 Å². The Morgan fingerprint density at radius 2 is 2.18 bits per heavy atom. The lowest BCUT2D eigenvalue weighted by Gasteiger charge is -2.33. The second kappa shape index (κ2) is 4.55. The minimum atomic E-state index is -0.352. The van der Waals surface area contributed by atoms with Crippen molar-refractivity contribution < 1.29 is 19.1 Å². The van der Waals surface area contributed by atoms with Crippen molar-refractivity contribution in [3.05, 3.63) is 0 Å². The average molecular weight is 241 g/mol. The van der Waals surface area contributed by atoms with Crippen molar-refractivity contribution in [2.45, 2.75) is 38.2 Å². The first kappa shape index (κ1) is 12.2. The highest BCUT2D eigenvalue weighted by atomic mass is 16.6. The van der Waals surface area contributed by atoms with E-state index in [1.54, 1.807) is 11.9 Å². The molecule has 0 atom stereocenters. The van der Waals surface area contributed by atoms with Crippen LogP contribution >= 0.6 is 0 Å². The van der Waals surface area contributed by atoms with Crippen LogP contribution in [0.1, 0.15) is 32.6 Å². The number of ether oxygens (including phenoxy) is 2. The summed E-state index contributed by atoms with van der Waals surface area (Å²) in [5, 5.41) is 0. The van der Waals surface area contributed by atoms with Crippen molar-refractivity contribution in [2.24, 2.45) is 5.92 Å². The van der Waals surface area contributed by atoms with Gasteiger partial charge in [0, 0.05) is 7.05 Å². The van der Waals surface area contributed by atoms with Gasteiger partial charge < -0.3 is 14.4 Å². The monoisotopic (exact) mass is 241 g/mol. The van der Waals surface area contributed by atoms with Crippen molar-refractivity contribution in [1.82, 2.24) is 4.90 Å². The summed E-state index contributed by atoms with van der Waals surface area (Å²) in [6, 6.07) is 0. The standard InChI is InChI=1S/C12H19NO4/c1-3-16-10(14)9-4-6-12(7-5-9)8-13(2)11(15)17-12/h9H,3-8H2,1-2H3. The third-order valence-electron chi connectivity index (χ3n) is 3.66. The van der Waals surface area contributed by atoms with Gasteiger partial charge in [-0.05, 0) is 32.6 Å². The van der Waals surface area contributed by atoms with E-state index in [1.807, 2.05) is 6.92 Å². The number of nitrogens with zero attached hydrogens (tertiary/aromatic N) is 1. The summed E-state index contributed by atoms with van der Waals surface area (Å²) >= 11 is 0. The smallest absolute Gasteiger partial charge is 0.410 e. The molecule has 2 rings (SSSR count). The molecular weight excluding hydrogens is 222 g/mol. The Labute approximate surface area is 101 Å². The largest absolute Gasteiger partial charge is 0.466 e. The second-order valence-corrected chi connectivity index (χ2v) is 4.93. The molecule has 0 bridgehead atoms. The Morgan fingerprint density at radius 3 is 2.65 bits per heavy atom. The van der Waals surface area contributed by atoms with Crippen LogP contribution in [0.2, 0.25) is 0 Å². The molecule has 1 amide bonds. The zero-order valence-corrected chi connectivity index (χ0v) is 10.4. The summed E-state index contributed by atoms with van der Waals surface area (Å²) in [6.45, 7) is 2.88. The molecule has 1 saturated heterocycles. The molecule has 96 valence electrons.